The molecule has 0 atom stereocenters. The monoisotopic (exact) mass is 304 g/mol. The zero-order chi connectivity index (χ0) is 13.1. The van der Waals surface area contributed by atoms with Crippen LogP contribution in [0.25, 0.3) is 12.2 Å². The molecule has 1 aliphatic rings. The second-order valence-electron chi connectivity index (χ2n) is 4.27. The number of carbonyl (C=O) groups excluding carboxylic acids is 1. The van der Waals surface area contributed by atoms with Crippen molar-refractivity contribution in [2.75, 3.05) is 11.5 Å². The first-order chi connectivity index (χ1) is 9.33. The van der Waals surface area contributed by atoms with Crippen LogP contribution in [0.3, 0.4) is 0 Å². The molecule has 3 rings (SSSR count). The third kappa shape index (κ3) is 3.08. The minimum atomic E-state index is 0.205. The van der Waals surface area contributed by atoms with Crippen LogP contribution in [0.1, 0.15) is 11.1 Å². The van der Waals surface area contributed by atoms with Gasteiger partial charge in [0.2, 0.25) is 0 Å². The molecule has 0 amide bonds. The van der Waals surface area contributed by atoms with Crippen molar-refractivity contribution in [2.45, 2.75) is 0 Å². The highest BCUT2D eigenvalue weighted by atomic mass is 32.2. The van der Waals surface area contributed by atoms with E-state index in [-0.39, 0.29) is 5.78 Å². The topological polar surface area (TPSA) is 17.1 Å². The van der Waals surface area contributed by atoms with E-state index in [0.29, 0.717) is 0 Å². The van der Waals surface area contributed by atoms with Gasteiger partial charge in [0.25, 0.3) is 0 Å². The predicted octanol–water partition coefficient (Wildman–Crippen LogP) is 4.59. The first-order valence-corrected chi connectivity index (χ1v) is 8.95. The molecule has 2 aromatic rings. The van der Waals surface area contributed by atoms with Crippen LogP contribution in [0.2, 0.25) is 0 Å². The van der Waals surface area contributed by atoms with Crippen LogP contribution < -0.4 is 0 Å². The molecule has 0 radical (unpaired) electrons. The van der Waals surface area contributed by atoms with E-state index >= 15 is 0 Å². The van der Waals surface area contributed by atoms with E-state index in [1.54, 1.807) is 22.7 Å². The fraction of sp³-hybridized carbons (Fsp3) is 0.133. The number of Topliss-reactive ketones (excluding diaryl/α,β-unsaturated/α-hetero) is 1. The molecule has 0 aromatic carbocycles. The van der Waals surface area contributed by atoms with Gasteiger partial charge in [0.15, 0.2) is 5.78 Å². The lowest BCUT2D eigenvalue weighted by Crippen LogP contribution is -2.15. The second-order valence-corrected chi connectivity index (χ2v) is 6.82. The molecule has 1 saturated heterocycles. The molecule has 1 fully saturated rings. The van der Waals surface area contributed by atoms with Gasteiger partial charge in [-0.25, -0.2) is 0 Å². The molecule has 96 valence electrons. The Morgan fingerprint density at radius 3 is 1.84 bits per heavy atom. The minimum Gasteiger partial charge on any atom is -0.289 e. The molecular formula is C15H12OS3. The Balaban J connectivity index is 1.87. The quantitative estimate of drug-likeness (QED) is 0.755. The molecule has 1 nitrogen and oxygen atoms in total. The number of hydrogen-bond donors (Lipinski definition) is 0. The van der Waals surface area contributed by atoms with Crippen LogP contribution in [0.5, 0.6) is 0 Å². The zero-order valence-electron chi connectivity index (χ0n) is 10.2. The zero-order valence-corrected chi connectivity index (χ0v) is 12.6. The number of rotatable bonds is 2. The number of carbonyl (C=O) groups is 1. The number of thioether (sulfide) groups is 1. The Hall–Kier alpha value is -1.10. The van der Waals surface area contributed by atoms with Gasteiger partial charge < -0.3 is 0 Å². The molecule has 0 bridgehead atoms. The maximum Gasteiger partial charge on any atom is 0.186 e. The summed E-state index contributed by atoms with van der Waals surface area (Å²) in [6, 6.07) is 4.10. The summed E-state index contributed by atoms with van der Waals surface area (Å²) in [6.45, 7) is 0. The Labute approximate surface area is 124 Å². The lowest BCUT2D eigenvalue weighted by atomic mass is 10.0. The Bertz CT molecular complexity index is 564. The largest absolute Gasteiger partial charge is 0.289 e. The Kier molecular flexibility index (Phi) is 4.01. The van der Waals surface area contributed by atoms with Crippen LogP contribution in [0, 0.1) is 0 Å². The summed E-state index contributed by atoms with van der Waals surface area (Å²) in [5.41, 5.74) is 4.09. The van der Waals surface area contributed by atoms with Gasteiger partial charge in [-0.3, -0.25) is 4.79 Å². The average molecular weight is 304 g/mol. The third-order valence-corrected chi connectivity index (χ3v) is 5.30. The van der Waals surface area contributed by atoms with Crippen molar-refractivity contribution in [2.24, 2.45) is 0 Å². The van der Waals surface area contributed by atoms with Gasteiger partial charge in [-0.15, -0.1) is 0 Å². The molecule has 0 aliphatic carbocycles. The molecule has 1 aliphatic heterocycles. The van der Waals surface area contributed by atoms with Crippen LogP contribution >= 0.6 is 34.4 Å². The van der Waals surface area contributed by atoms with Crippen LogP contribution in [-0.2, 0) is 4.79 Å². The average Bonchev–Trinajstić information content (AvgIpc) is 3.07. The normalized spacial score (nSPS) is 20.3. The SMILES string of the molecule is O=C1/C(=C/c2ccsc2)CSC/C1=C/c1ccsc1. The van der Waals surface area contributed by atoms with E-state index in [0.717, 1.165) is 33.8 Å². The molecule has 0 spiro atoms. The van der Waals surface area contributed by atoms with Crippen molar-refractivity contribution in [1.29, 1.82) is 0 Å². The molecule has 0 unspecified atom stereocenters. The first-order valence-electron chi connectivity index (χ1n) is 5.91. The van der Waals surface area contributed by atoms with E-state index in [1.165, 1.54) is 0 Å². The Morgan fingerprint density at radius 1 is 0.895 bits per heavy atom. The summed E-state index contributed by atoms with van der Waals surface area (Å²) in [4.78, 5) is 12.4. The highest BCUT2D eigenvalue weighted by molar-refractivity contribution is 7.99. The highest BCUT2D eigenvalue weighted by Crippen LogP contribution is 2.27. The van der Waals surface area contributed by atoms with Crippen molar-refractivity contribution in [1.82, 2.24) is 0 Å². The van der Waals surface area contributed by atoms with Crippen LogP contribution in [0.4, 0.5) is 0 Å². The van der Waals surface area contributed by atoms with Crippen LogP contribution in [-0.4, -0.2) is 17.3 Å². The maximum absolute atomic E-state index is 12.4. The van der Waals surface area contributed by atoms with Gasteiger partial charge in [-0.2, -0.15) is 34.4 Å². The van der Waals surface area contributed by atoms with Crippen molar-refractivity contribution in [3.63, 3.8) is 0 Å². The van der Waals surface area contributed by atoms with E-state index in [9.17, 15) is 4.79 Å². The molecule has 0 N–H and O–H groups in total. The van der Waals surface area contributed by atoms with Gasteiger partial charge in [-0.1, -0.05) is 0 Å². The summed E-state index contributed by atoms with van der Waals surface area (Å²) in [5.74, 6) is 1.84. The molecule has 4 heteroatoms. The summed E-state index contributed by atoms with van der Waals surface area (Å²) in [6.07, 6.45) is 4.04. The maximum atomic E-state index is 12.4. The summed E-state index contributed by atoms with van der Waals surface area (Å²) in [7, 11) is 0. The molecule has 19 heavy (non-hydrogen) atoms. The molecule has 3 heterocycles. The number of ketones is 1. The first kappa shape index (κ1) is 12.9. The second kappa shape index (κ2) is 5.90. The smallest absolute Gasteiger partial charge is 0.186 e. The van der Waals surface area contributed by atoms with Gasteiger partial charge >= 0.3 is 0 Å². The predicted molar refractivity (Wildman–Crippen MR) is 86.9 cm³/mol. The van der Waals surface area contributed by atoms with E-state index in [2.05, 4.69) is 10.8 Å². The van der Waals surface area contributed by atoms with E-state index in [1.807, 2.05) is 46.8 Å². The van der Waals surface area contributed by atoms with E-state index < -0.39 is 0 Å². The van der Waals surface area contributed by atoms with Gasteiger partial charge in [0.1, 0.15) is 0 Å². The van der Waals surface area contributed by atoms with Gasteiger partial charge in [0, 0.05) is 22.7 Å². The fourth-order valence-corrected chi connectivity index (χ4v) is 4.15. The summed E-state index contributed by atoms with van der Waals surface area (Å²) < 4.78 is 0. The standard InChI is InChI=1S/C15H12OS3/c16-15-13(5-11-1-3-17-7-11)9-19-10-14(15)6-12-2-4-18-8-12/h1-8H,9-10H2/b13-5-,14-6+. The highest BCUT2D eigenvalue weighted by Gasteiger charge is 2.20. The van der Waals surface area contributed by atoms with Gasteiger partial charge in [-0.05, 0) is 56.9 Å². The van der Waals surface area contributed by atoms with Crippen molar-refractivity contribution >= 4 is 52.4 Å². The molecular weight excluding hydrogens is 292 g/mol. The molecule has 2 aromatic heterocycles. The third-order valence-electron chi connectivity index (χ3n) is 2.87. The van der Waals surface area contributed by atoms with Crippen molar-refractivity contribution < 1.29 is 4.79 Å². The van der Waals surface area contributed by atoms with Crippen LogP contribution in [0.15, 0.2) is 44.8 Å². The van der Waals surface area contributed by atoms with Gasteiger partial charge in [0.05, 0.1) is 0 Å². The number of hydrogen-bond acceptors (Lipinski definition) is 4. The summed E-state index contributed by atoms with van der Waals surface area (Å²) in [5, 5.41) is 8.22. The summed E-state index contributed by atoms with van der Waals surface area (Å²) >= 11 is 5.12. The van der Waals surface area contributed by atoms with E-state index in [4.69, 9.17) is 0 Å². The minimum absolute atomic E-state index is 0.205. The van der Waals surface area contributed by atoms with Crippen molar-refractivity contribution in [3.8, 4) is 0 Å². The number of thiophene rings is 2. The Morgan fingerprint density at radius 2 is 1.42 bits per heavy atom. The van der Waals surface area contributed by atoms with Crippen molar-refractivity contribution in [3.05, 3.63) is 55.9 Å². The lowest BCUT2D eigenvalue weighted by molar-refractivity contribution is -0.112. The molecule has 0 saturated carbocycles. The fourth-order valence-electron chi connectivity index (χ4n) is 1.94. The lowest BCUT2D eigenvalue weighted by Gasteiger charge is -2.15.